The molecule has 2 aliphatic heterocycles. The minimum absolute atomic E-state index is 0.299. The topological polar surface area (TPSA) is 44.7 Å². The van der Waals surface area contributed by atoms with E-state index >= 15 is 0 Å². The lowest BCUT2D eigenvalue weighted by Gasteiger charge is -2.41. The number of nitrogens with one attached hydrogen (secondary N) is 1. The molecule has 0 amide bonds. The molecule has 0 radical (unpaired) electrons. The summed E-state index contributed by atoms with van der Waals surface area (Å²) in [4.78, 5) is 2.51. The van der Waals surface area contributed by atoms with Crippen LogP contribution in [-0.2, 0) is 4.74 Å². The van der Waals surface area contributed by atoms with Crippen molar-refractivity contribution in [3.63, 3.8) is 0 Å². The zero-order chi connectivity index (χ0) is 13.0. The van der Waals surface area contributed by atoms with E-state index in [9.17, 15) is 5.11 Å². The van der Waals surface area contributed by atoms with Gasteiger partial charge in [-0.3, -0.25) is 4.90 Å². The Labute approximate surface area is 111 Å². The average molecular weight is 256 g/mol. The molecule has 2 saturated heterocycles. The molecule has 2 atom stereocenters. The number of rotatable bonds is 5. The largest absolute Gasteiger partial charge is 0.395 e. The Morgan fingerprint density at radius 1 is 1.39 bits per heavy atom. The lowest BCUT2D eigenvalue weighted by atomic mass is 9.79. The smallest absolute Gasteiger partial charge is 0.0589 e. The highest BCUT2D eigenvalue weighted by Crippen LogP contribution is 2.34. The van der Waals surface area contributed by atoms with Crippen LogP contribution >= 0.6 is 0 Å². The standard InChI is InChI=1S/C14H28N2O2/c1-12-3-6-16(13(12)9-17)11-14(10-15-2)4-7-18-8-5-14/h12-13,15,17H,3-11H2,1-2H3. The van der Waals surface area contributed by atoms with E-state index in [4.69, 9.17) is 4.74 Å². The van der Waals surface area contributed by atoms with E-state index in [1.54, 1.807) is 0 Å². The Morgan fingerprint density at radius 2 is 2.11 bits per heavy atom. The van der Waals surface area contributed by atoms with Gasteiger partial charge >= 0.3 is 0 Å². The fourth-order valence-corrected chi connectivity index (χ4v) is 3.58. The van der Waals surface area contributed by atoms with E-state index in [0.717, 1.165) is 45.7 Å². The van der Waals surface area contributed by atoms with Crippen molar-refractivity contribution in [3.05, 3.63) is 0 Å². The number of likely N-dealkylation sites (tertiary alicyclic amines) is 1. The van der Waals surface area contributed by atoms with Crippen molar-refractivity contribution in [3.8, 4) is 0 Å². The second-order valence-corrected chi connectivity index (χ2v) is 6.13. The molecular formula is C14H28N2O2. The maximum absolute atomic E-state index is 9.57. The van der Waals surface area contributed by atoms with Gasteiger partial charge in [0.1, 0.15) is 0 Å². The molecule has 2 heterocycles. The summed E-state index contributed by atoms with van der Waals surface area (Å²) in [6.07, 6.45) is 3.49. The predicted molar refractivity (Wildman–Crippen MR) is 72.6 cm³/mol. The van der Waals surface area contributed by atoms with Crippen LogP contribution in [0.2, 0.25) is 0 Å². The normalized spacial score (nSPS) is 32.8. The van der Waals surface area contributed by atoms with Crippen LogP contribution in [0.4, 0.5) is 0 Å². The van der Waals surface area contributed by atoms with Crippen molar-refractivity contribution in [2.45, 2.75) is 32.2 Å². The fourth-order valence-electron chi connectivity index (χ4n) is 3.58. The number of hydrogen-bond donors (Lipinski definition) is 2. The molecule has 18 heavy (non-hydrogen) atoms. The number of aliphatic hydroxyl groups excluding tert-OH is 1. The van der Waals surface area contributed by atoms with Crippen LogP contribution in [0.25, 0.3) is 0 Å². The molecule has 0 aliphatic carbocycles. The Morgan fingerprint density at radius 3 is 2.72 bits per heavy atom. The van der Waals surface area contributed by atoms with Crippen molar-refractivity contribution < 1.29 is 9.84 Å². The zero-order valence-electron chi connectivity index (χ0n) is 11.8. The molecule has 0 spiro atoms. The van der Waals surface area contributed by atoms with Crippen LogP contribution in [0.15, 0.2) is 0 Å². The maximum Gasteiger partial charge on any atom is 0.0589 e. The van der Waals surface area contributed by atoms with Gasteiger partial charge in [-0.1, -0.05) is 6.92 Å². The third-order valence-electron chi connectivity index (χ3n) is 4.83. The third-order valence-corrected chi connectivity index (χ3v) is 4.83. The first-order valence-corrected chi connectivity index (χ1v) is 7.28. The van der Waals surface area contributed by atoms with Gasteiger partial charge in [-0.2, -0.15) is 0 Å². The minimum Gasteiger partial charge on any atom is -0.395 e. The molecular weight excluding hydrogens is 228 g/mol. The van der Waals surface area contributed by atoms with Crippen LogP contribution in [0.1, 0.15) is 26.2 Å². The minimum atomic E-state index is 0.299. The highest BCUT2D eigenvalue weighted by Gasteiger charge is 2.39. The van der Waals surface area contributed by atoms with Crippen LogP contribution in [0, 0.1) is 11.3 Å². The van der Waals surface area contributed by atoms with Gasteiger partial charge in [-0.15, -0.1) is 0 Å². The van der Waals surface area contributed by atoms with E-state index in [-0.39, 0.29) is 0 Å². The van der Waals surface area contributed by atoms with Gasteiger partial charge < -0.3 is 15.2 Å². The molecule has 2 aliphatic rings. The van der Waals surface area contributed by atoms with Gasteiger partial charge in [0.2, 0.25) is 0 Å². The molecule has 106 valence electrons. The average Bonchev–Trinajstić information content (AvgIpc) is 2.71. The quantitative estimate of drug-likeness (QED) is 0.760. The number of aliphatic hydroxyl groups is 1. The molecule has 0 bridgehead atoms. The van der Waals surface area contributed by atoms with Crippen LogP contribution in [0.3, 0.4) is 0 Å². The molecule has 0 aromatic carbocycles. The van der Waals surface area contributed by atoms with E-state index in [0.29, 0.717) is 24.0 Å². The summed E-state index contributed by atoms with van der Waals surface area (Å²) in [7, 11) is 2.04. The number of hydrogen-bond acceptors (Lipinski definition) is 4. The fraction of sp³-hybridized carbons (Fsp3) is 1.00. The molecule has 0 aromatic heterocycles. The van der Waals surface area contributed by atoms with Gasteiger partial charge in [0.25, 0.3) is 0 Å². The van der Waals surface area contributed by atoms with Crippen LogP contribution in [0.5, 0.6) is 0 Å². The Hall–Kier alpha value is -0.160. The molecule has 4 nitrogen and oxygen atoms in total. The lowest BCUT2D eigenvalue weighted by Crippen LogP contribution is -2.49. The monoisotopic (exact) mass is 256 g/mol. The molecule has 0 aromatic rings. The van der Waals surface area contributed by atoms with Gasteiger partial charge in [0.15, 0.2) is 0 Å². The predicted octanol–water partition coefficient (Wildman–Crippen LogP) is 0.705. The number of nitrogens with zero attached hydrogens (tertiary/aromatic N) is 1. The van der Waals surface area contributed by atoms with Crippen molar-refractivity contribution in [2.75, 3.05) is 46.5 Å². The molecule has 2 fully saturated rings. The first-order chi connectivity index (χ1) is 8.71. The second-order valence-electron chi connectivity index (χ2n) is 6.13. The first-order valence-electron chi connectivity index (χ1n) is 7.28. The van der Waals surface area contributed by atoms with Gasteiger partial charge in [-0.25, -0.2) is 0 Å². The molecule has 2 rings (SSSR count). The van der Waals surface area contributed by atoms with E-state index in [1.165, 1.54) is 6.42 Å². The molecule has 2 N–H and O–H groups in total. The summed E-state index contributed by atoms with van der Waals surface area (Å²) in [5.74, 6) is 0.626. The highest BCUT2D eigenvalue weighted by molar-refractivity contribution is 4.92. The van der Waals surface area contributed by atoms with Crippen LogP contribution in [-0.4, -0.2) is 62.6 Å². The second kappa shape index (κ2) is 6.33. The van der Waals surface area contributed by atoms with Gasteiger partial charge in [-0.05, 0) is 44.2 Å². The first kappa shape index (κ1) is 14.3. The number of ether oxygens (including phenoxy) is 1. The molecule has 2 unspecified atom stereocenters. The van der Waals surface area contributed by atoms with Crippen molar-refractivity contribution in [1.29, 1.82) is 0 Å². The Balaban J connectivity index is 1.99. The Bertz CT molecular complexity index is 249. The molecule has 0 saturated carbocycles. The zero-order valence-corrected chi connectivity index (χ0v) is 11.8. The summed E-state index contributed by atoms with van der Waals surface area (Å²) < 4.78 is 5.51. The summed E-state index contributed by atoms with van der Waals surface area (Å²) in [6.45, 7) is 7.62. The summed E-state index contributed by atoms with van der Waals surface area (Å²) >= 11 is 0. The van der Waals surface area contributed by atoms with E-state index in [2.05, 4.69) is 17.1 Å². The van der Waals surface area contributed by atoms with Crippen molar-refractivity contribution in [1.82, 2.24) is 10.2 Å². The summed E-state index contributed by atoms with van der Waals surface area (Å²) in [6, 6.07) is 0.363. The van der Waals surface area contributed by atoms with Gasteiger partial charge in [0.05, 0.1) is 6.61 Å². The van der Waals surface area contributed by atoms with Crippen molar-refractivity contribution >= 4 is 0 Å². The lowest BCUT2D eigenvalue weighted by molar-refractivity contribution is -0.0110. The van der Waals surface area contributed by atoms with Gasteiger partial charge in [0, 0.05) is 32.3 Å². The molecule has 4 heteroatoms. The van der Waals surface area contributed by atoms with E-state index in [1.807, 2.05) is 7.05 Å². The highest BCUT2D eigenvalue weighted by atomic mass is 16.5. The summed E-state index contributed by atoms with van der Waals surface area (Å²) in [5, 5.41) is 12.9. The summed E-state index contributed by atoms with van der Waals surface area (Å²) in [5.41, 5.74) is 0.338. The van der Waals surface area contributed by atoms with Crippen LogP contribution < -0.4 is 5.32 Å². The third kappa shape index (κ3) is 3.05. The Kier molecular flexibility index (Phi) is 5.01. The maximum atomic E-state index is 9.57. The van der Waals surface area contributed by atoms with Crippen molar-refractivity contribution in [2.24, 2.45) is 11.3 Å². The van der Waals surface area contributed by atoms with E-state index < -0.39 is 0 Å². The SMILES string of the molecule is CNCC1(CN2CCC(C)C2CO)CCOCC1.